The second kappa shape index (κ2) is 21.4. The third-order valence-corrected chi connectivity index (χ3v) is 8.74. The van der Waals surface area contributed by atoms with Crippen LogP contribution in [0.4, 0.5) is 34.4 Å². The first-order chi connectivity index (χ1) is 23.9. The van der Waals surface area contributed by atoms with Gasteiger partial charge in [0.2, 0.25) is 0 Å². The van der Waals surface area contributed by atoms with Crippen molar-refractivity contribution in [1.29, 1.82) is 10.8 Å². The van der Waals surface area contributed by atoms with E-state index in [2.05, 4.69) is 47.8 Å². The van der Waals surface area contributed by atoms with Gasteiger partial charge in [0, 0.05) is 57.9 Å². The van der Waals surface area contributed by atoms with Crippen LogP contribution in [0, 0.1) is 23.8 Å². The lowest BCUT2D eigenvalue weighted by Gasteiger charge is -2.15. The number of aliphatic hydroxyl groups excluding tert-OH is 2. The van der Waals surface area contributed by atoms with Crippen LogP contribution in [-0.4, -0.2) is 74.7 Å². The van der Waals surface area contributed by atoms with E-state index in [4.69, 9.17) is 15.2 Å². The molecule has 0 saturated carbocycles. The zero-order chi connectivity index (χ0) is 37.1. The molecule has 0 amide bonds. The molecule has 1 atom stereocenters. The second-order valence-corrected chi connectivity index (χ2v) is 13.4. The van der Waals surface area contributed by atoms with Crippen LogP contribution >= 0.6 is 12.0 Å². The van der Waals surface area contributed by atoms with Gasteiger partial charge in [0.25, 0.3) is 10.1 Å². The molecule has 7 N–H and O–H groups in total. The second-order valence-electron chi connectivity index (χ2n) is 9.63. The predicted molar refractivity (Wildman–Crippen MR) is 191 cm³/mol. The predicted octanol–water partition coefficient (Wildman–Crippen LogP) is 6.57. The number of benzene rings is 2. The van der Waals surface area contributed by atoms with Crippen LogP contribution in [0.2, 0.25) is 0 Å². The number of rotatable bonds is 17. The largest absolute Gasteiger partial charge is 0.395 e. The summed E-state index contributed by atoms with van der Waals surface area (Å²) in [7, 11) is -6.05. The smallest absolute Gasteiger partial charge is 0.296 e. The maximum Gasteiger partial charge on any atom is 0.296 e. The molecule has 17 nitrogen and oxygen atoms in total. The summed E-state index contributed by atoms with van der Waals surface area (Å²) in [6, 6.07) is 12.2. The van der Waals surface area contributed by atoms with Gasteiger partial charge < -0.3 is 25.4 Å². The summed E-state index contributed by atoms with van der Waals surface area (Å²) in [5.41, 5.74) is 7.68. The lowest BCUT2D eigenvalue weighted by molar-refractivity contribution is 0.311. The molecule has 2 aromatic carbocycles. The molecule has 3 rings (SSSR count). The van der Waals surface area contributed by atoms with Crippen molar-refractivity contribution >= 4 is 67.3 Å². The van der Waals surface area contributed by atoms with Crippen LogP contribution < -0.4 is 10.6 Å². The molecule has 3 aromatic rings. The Hall–Kier alpha value is -4.75. The van der Waals surface area contributed by atoms with Crippen LogP contribution in [0.3, 0.4) is 0 Å². The van der Waals surface area contributed by atoms with Crippen molar-refractivity contribution in [2.75, 3.05) is 48.4 Å². The average molecular weight is 745 g/mol. The molecule has 0 aliphatic heterocycles. The molecule has 0 bridgehead atoms. The average Bonchev–Trinajstić information content (AvgIpc) is 3.10. The normalized spacial score (nSPS) is 12.0. The van der Waals surface area contributed by atoms with Gasteiger partial charge in [-0.1, -0.05) is 12.7 Å². The quantitative estimate of drug-likeness (QED) is 0.0334. The van der Waals surface area contributed by atoms with E-state index in [0.29, 0.717) is 33.9 Å². The molecule has 1 aromatic heterocycles. The number of azo groups is 2. The number of aromatic nitrogens is 1. The first-order valence-corrected chi connectivity index (χ1v) is 18.2. The third-order valence-electron chi connectivity index (χ3n) is 6.08. The number of anilines is 2. The monoisotopic (exact) mass is 744 g/mol. The van der Waals surface area contributed by atoms with Crippen LogP contribution in [0.5, 0.6) is 0 Å². The molecule has 0 fully saturated rings. The van der Waals surface area contributed by atoms with Gasteiger partial charge in [0.15, 0.2) is 5.82 Å². The van der Waals surface area contributed by atoms with Gasteiger partial charge in [-0.05, 0) is 62.4 Å². The van der Waals surface area contributed by atoms with Gasteiger partial charge in [0.1, 0.15) is 28.2 Å². The molecule has 0 radical (unpaired) electrons. The topological polar surface area (TPSA) is 279 Å². The molecule has 20 heteroatoms. The summed E-state index contributed by atoms with van der Waals surface area (Å²) in [5, 5.41) is 53.1. The SMILES string of the molecule is C=C(/C=C\C)N=N.Cc1c(C#N)c(NCCS(=O)CCO)nc(NCCO)c1N=Nc1ccc(N=Nc2ccc(SO)cc2)cc1S(=O)(=O)O. The zero-order valence-electron chi connectivity index (χ0n) is 27.0. The summed E-state index contributed by atoms with van der Waals surface area (Å²) >= 11 is 0.573. The lowest BCUT2D eigenvalue weighted by atomic mass is 10.1. The van der Waals surface area contributed by atoms with Crippen molar-refractivity contribution in [3.8, 4) is 6.07 Å². The Morgan fingerprint density at radius 1 is 1.04 bits per heavy atom. The van der Waals surface area contributed by atoms with E-state index in [0.717, 1.165) is 6.07 Å². The lowest BCUT2D eigenvalue weighted by Crippen LogP contribution is -2.17. The van der Waals surface area contributed by atoms with Crippen molar-refractivity contribution in [1.82, 2.24) is 4.98 Å². The number of aliphatic hydroxyl groups is 2. The molecule has 1 heterocycles. The van der Waals surface area contributed by atoms with Crippen molar-refractivity contribution < 1.29 is 31.9 Å². The van der Waals surface area contributed by atoms with E-state index in [1.807, 2.05) is 13.0 Å². The summed E-state index contributed by atoms with van der Waals surface area (Å²) < 4.78 is 55.2. The zero-order valence-corrected chi connectivity index (χ0v) is 29.5. The van der Waals surface area contributed by atoms with Crippen molar-refractivity contribution in [3.05, 3.63) is 78.0 Å². The highest BCUT2D eigenvalue weighted by molar-refractivity contribution is 7.93. The highest BCUT2D eigenvalue weighted by Crippen LogP contribution is 2.36. The number of allylic oxidation sites excluding steroid dienone is 2. The number of nitrogens with zero attached hydrogens (tertiary/aromatic N) is 7. The van der Waals surface area contributed by atoms with Gasteiger partial charge in [0.05, 0.1) is 35.8 Å². The highest BCUT2D eigenvalue weighted by atomic mass is 32.2. The maximum atomic E-state index is 12.2. The van der Waals surface area contributed by atoms with Crippen molar-refractivity contribution in [3.63, 3.8) is 0 Å². The molecular formula is C30H36N10O7S3. The van der Waals surface area contributed by atoms with Gasteiger partial charge in [-0.2, -0.15) is 29.0 Å². The van der Waals surface area contributed by atoms with Gasteiger partial charge in [-0.3, -0.25) is 8.76 Å². The molecule has 50 heavy (non-hydrogen) atoms. The number of pyridine rings is 1. The molecule has 0 aliphatic rings. The third kappa shape index (κ3) is 13.3. The van der Waals surface area contributed by atoms with E-state index in [1.165, 1.54) is 12.1 Å². The minimum absolute atomic E-state index is 0.0678. The minimum Gasteiger partial charge on any atom is -0.395 e. The minimum atomic E-state index is -4.78. The van der Waals surface area contributed by atoms with Crippen molar-refractivity contribution in [2.24, 2.45) is 25.6 Å². The van der Waals surface area contributed by atoms with Crippen LogP contribution in [-0.2, 0) is 20.9 Å². The van der Waals surface area contributed by atoms with Gasteiger partial charge in [-0.15, -0.1) is 10.2 Å². The molecule has 1 unspecified atom stereocenters. The molecule has 0 saturated heterocycles. The Morgan fingerprint density at radius 2 is 1.70 bits per heavy atom. The summed E-state index contributed by atoms with van der Waals surface area (Å²) in [4.78, 5) is 4.38. The summed E-state index contributed by atoms with van der Waals surface area (Å²) in [6.45, 7) is 6.65. The van der Waals surface area contributed by atoms with E-state index in [1.54, 1.807) is 43.3 Å². The Labute approximate surface area is 295 Å². The highest BCUT2D eigenvalue weighted by Gasteiger charge is 2.20. The van der Waals surface area contributed by atoms with E-state index in [9.17, 15) is 27.5 Å². The standard InChI is InChI=1S/C25H28N8O7S3.C5H8N2/c1-16-20(15-26)24(28-9-12-42(37)13-11-35)29-25(27-8-10-34)23(16)33-32-21-7-4-18(14-22(21)43(38,39)40)31-30-17-2-5-19(41-36)6-3-17;1-3-4-5(2)7-6/h2-7,14,34-36H,8-13H2,1H3,(H2,27,28,29)(H,38,39,40);3-4,6H,2H2,1H3/b;4-3-,7-6?. The molecule has 0 aliphatic carbocycles. The molecule has 266 valence electrons. The first-order valence-electron chi connectivity index (χ1n) is 14.5. The molecular weight excluding hydrogens is 709 g/mol. The van der Waals surface area contributed by atoms with Crippen molar-refractivity contribution in [2.45, 2.75) is 23.6 Å². The Balaban J connectivity index is 0.00000112. The summed E-state index contributed by atoms with van der Waals surface area (Å²) in [5.74, 6) is 0.613. The number of hydrogen-bond donors (Lipinski definition) is 7. The van der Waals surface area contributed by atoms with E-state index in [-0.39, 0.29) is 72.1 Å². The van der Waals surface area contributed by atoms with Crippen LogP contribution in [0.1, 0.15) is 18.1 Å². The Morgan fingerprint density at radius 3 is 2.26 bits per heavy atom. The first kappa shape index (κ1) is 41.4. The number of nitriles is 1. The van der Waals surface area contributed by atoms with Crippen LogP contribution in [0.15, 0.2) is 102 Å². The fourth-order valence-corrected chi connectivity index (χ4v) is 5.38. The van der Waals surface area contributed by atoms with Gasteiger partial charge >= 0.3 is 0 Å². The summed E-state index contributed by atoms with van der Waals surface area (Å²) in [6.07, 6.45) is 3.47. The Bertz CT molecular complexity index is 1900. The fourth-order valence-electron chi connectivity index (χ4n) is 3.74. The maximum absolute atomic E-state index is 12.2. The van der Waals surface area contributed by atoms with Gasteiger partial charge in [-0.25, -0.2) is 10.5 Å². The van der Waals surface area contributed by atoms with Crippen LogP contribution in [0.25, 0.3) is 0 Å². The Kier molecular flexibility index (Phi) is 17.7. The fraction of sp³-hybridized carbons (Fsp3) is 0.267. The number of nitrogens with one attached hydrogen (secondary N) is 3. The molecule has 0 spiro atoms. The van der Waals surface area contributed by atoms with E-state index >= 15 is 0 Å². The van der Waals surface area contributed by atoms with E-state index < -0.39 is 25.8 Å². The number of hydrogen-bond acceptors (Lipinski definition) is 17.